The van der Waals surface area contributed by atoms with Crippen LogP contribution in [0.3, 0.4) is 0 Å². The number of aryl methyl sites for hydroxylation is 1. The fourth-order valence-electron chi connectivity index (χ4n) is 1.01. The third-order valence-corrected chi connectivity index (χ3v) is 2.07. The van der Waals surface area contributed by atoms with Crippen molar-refractivity contribution < 1.29 is 4.74 Å². The van der Waals surface area contributed by atoms with E-state index in [0.29, 0.717) is 0 Å². The zero-order valence-corrected chi connectivity index (χ0v) is 8.58. The monoisotopic (exact) mass is 179 g/mol. The van der Waals surface area contributed by atoms with Gasteiger partial charge in [-0.1, -0.05) is 13.8 Å². The van der Waals surface area contributed by atoms with Crippen molar-refractivity contribution in [2.75, 3.05) is 0 Å². The van der Waals surface area contributed by atoms with E-state index in [1.54, 1.807) is 6.20 Å². The molecular formula is C11H17NO. The smallest absolute Gasteiger partial charge is 0.138 e. The summed E-state index contributed by atoms with van der Waals surface area (Å²) < 4.78 is 5.60. The van der Waals surface area contributed by atoms with Crippen LogP contribution in [0, 0.1) is 0 Å². The Kier molecular flexibility index (Phi) is 3.74. The van der Waals surface area contributed by atoms with Crippen molar-refractivity contribution in [1.82, 2.24) is 4.98 Å². The molecule has 1 aromatic rings. The number of hydrogen-bond acceptors (Lipinski definition) is 2. The van der Waals surface area contributed by atoms with Gasteiger partial charge in [0.25, 0.3) is 0 Å². The van der Waals surface area contributed by atoms with Crippen LogP contribution in [0.15, 0.2) is 18.3 Å². The van der Waals surface area contributed by atoms with E-state index in [4.69, 9.17) is 4.74 Å². The fourth-order valence-corrected chi connectivity index (χ4v) is 1.01. The first-order chi connectivity index (χ1) is 6.26. The van der Waals surface area contributed by atoms with E-state index in [-0.39, 0.29) is 6.10 Å². The number of ether oxygens (including phenoxy) is 1. The van der Waals surface area contributed by atoms with E-state index < -0.39 is 0 Å². The third-order valence-electron chi connectivity index (χ3n) is 2.07. The molecule has 0 aliphatic rings. The second-order valence-electron chi connectivity index (χ2n) is 3.18. The van der Waals surface area contributed by atoms with Crippen LogP contribution in [0.25, 0.3) is 0 Å². The van der Waals surface area contributed by atoms with Crippen LogP contribution in [-0.2, 0) is 6.42 Å². The van der Waals surface area contributed by atoms with Crippen LogP contribution in [0.4, 0.5) is 0 Å². The van der Waals surface area contributed by atoms with E-state index in [1.165, 1.54) is 0 Å². The maximum Gasteiger partial charge on any atom is 0.138 e. The normalized spacial score (nSPS) is 12.5. The summed E-state index contributed by atoms with van der Waals surface area (Å²) in [5.41, 5.74) is 1.11. The maximum absolute atomic E-state index is 5.60. The molecule has 2 nitrogen and oxygen atoms in total. The molecule has 0 aliphatic carbocycles. The molecule has 0 N–H and O–H groups in total. The zero-order chi connectivity index (χ0) is 9.68. The molecule has 0 saturated carbocycles. The van der Waals surface area contributed by atoms with Gasteiger partial charge in [0.15, 0.2) is 0 Å². The SMILES string of the molecule is CCc1ccc(OC(C)CC)cn1. The molecule has 0 spiro atoms. The first-order valence-corrected chi connectivity index (χ1v) is 4.87. The van der Waals surface area contributed by atoms with E-state index in [9.17, 15) is 0 Å². The third kappa shape index (κ3) is 3.05. The summed E-state index contributed by atoms with van der Waals surface area (Å²) >= 11 is 0. The average molecular weight is 179 g/mol. The molecule has 1 heterocycles. The van der Waals surface area contributed by atoms with Gasteiger partial charge in [-0.05, 0) is 31.9 Å². The van der Waals surface area contributed by atoms with Gasteiger partial charge in [-0.25, -0.2) is 0 Å². The van der Waals surface area contributed by atoms with Crippen molar-refractivity contribution >= 4 is 0 Å². The number of pyridine rings is 1. The second kappa shape index (κ2) is 4.85. The number of rotatable bonds is 4. The number of nitrogens with zero attached hydrogens (tertiary/aromatic N) is 1. The lowest BCUT2D eigenvalue weighted by Gasteiger charge is -2.11. The largest absolute Gasteiger partial charge is 0.489 e. The molecule has 72 valence electrons. The van der Waals surface area contributed by atoms with Crippen LogP contribution in [0.1, 0.15) is 32.9 Å². The maximum atomic E-state index is 5.60. The van der Waals surface area contributed by atoms with Gasteiger partial charge in [-0.15, -0.1) is 0 Å². The van der Waals surface area contributed by atoms with Crippen LogP contribution in [0.2, 0.25) is 0 Å². The van der Waals surface area contributed by atoms with Crippen LogP contribution in [0.5, 0.6) is 5.75 Å². The summed E-state index contributed by atoms with van der Waals surface area (Å²) in [5, 5.41) is 0. The molecular weight excluding hydrogens is 162 g/mol. The molecule has 1 rings (SSSR count). The van der Waals surface area contributed by atoms with Crippen molar-refractivity contribution in [2.45, 2.75) is 39.7 Å². The van der Waals surface area contributed by atoms with Gasteiger partial charge in [-0.3, -0.25) is 4.98 Å². The minimum Gasteiger partial charge on any atom is -0.489 e. The molecule has 0 amide bonds. The molecule has 13 heavy (non-hydrogen) atoms. The van der Waals surface area contributed by atoms with Crippen LogP contribution in [-0.4, -0.2) is 11.1 Å². The highest BCUT2D eigenvalue weighted by Crippen LogP contribution is 2.12. The first kappa shape index (κ1) is 10.0. The van der Waals surface area contributed by atoms with E-state index in [1.807, 2.05) is 12.1 Å². The van der Waals surface area contributed by atoms with Crippen LogP contribution >= 0.6 is 0 Å². The standard InChI is InChI=1S/C11H17NO/c1-4-9(3)13-11-7-6-10(5-2)12-8-11/h6-9H,4-5H2,1-3H3. The van der Waals surface area contributed by atoms with Crippen LogP contribution < -0.4 is 4.74 Å². The minimum atomic E-state index is 0.272. The summed E-state index contributed by atoms with van der Waals surface area (Å²) in [6, 6.07) is 4.00. The predicted octanol–water partition coefficient (Wildman–Crippen LogP) is 2.82. The van der Waals surface area contributed by atoms with E-state index >= 15 is 0 Å². The second-order valence-corrected chi connectivity index (χ2v) is 3.18. The lowest BCUT2D eigenvalue weighted by molar-refractivity contribution is 0.216. The summed E-state index contributed by atoms with van der Waals surface area (Å²) in [5.74, 6) is 0.867. The van der Waals surface area contributed by atoms with Crippen molar-refractivity contribution in [3.8, 4) is 5.75 Å². The Bertz CT molecular complexity index is 243. The van der Waals surface area contributed by atoms with Gasteiger partial charge in [0, 0.05) is 5.69 Å². The number of aromatic nitrogens is 1. The van der Waals surface area contributed by atoms with E-state index in [0.717, 1.165) is 24.3 Å². The highest BCUT2D eigenvalue weighted by atomic mass is 16.5. The van der Waals surface area contributed by atoms with Gasteiger partial charge >= 0.3 is 0 Å². The molecule has 0 radical (unpaired) electrons. The molecule has 1 atom stereocenters. The van der Waals surface area contributed by atoms with Crippen molar-refractivity contribution in [3.63, 3.8) is 0 Å². The quantitative estimate of drug-likeness (QED) is 0.709. The van der Waals surface area contributed by atoms with Crippen molar-refractivity contribution in [2.24, 2.45) is 0 Å². The highest BCUT2D eigenvalue weighted by Gasteiger charge is 2.00. The van der Waals surface area contributed by atoms with Gasteiger partial charge in [0.2, 0.25) is 0 Å². The highest BCUT2D eigenvalue weighted by molar-refractivity contribution is 5.19. The Hall–Kier alpha value is -1.05. The Balaban J connectivity index is 2.58. The molecule has 1 unspecified atom stereocenters. The summed E-state index contributed by atoms with van der Waals surface area (Å²) in [6.07, 6.45) is 4.07. The average Bonchev–Trinajstić information content (AvgIpc) is 2.19. The first-order valence-electron chi connectivity index (χ1n) is 4.87. The van der Waals surface area contributed by atoms with Gasteiger partial charge < -0.3 is 4.74 Å². The zero-order valence-electron chi connectivity index (χ0n) is 8.58. The molecule has 0 aliphatic heterocycles. The summed E-state index contributed by atoms with van der Waals surface area (Å²) in [6.45, 7) is 6.27. The Labute approximate surface area is 80.0 Å². The molecule has 0 saturated heterocycles. The topological polar surface area (TPSA) is 22.1 Å². The van der Waals surface area contributed by atoms with Gasteiger partial charge in [0.1, 0.15) is 5.75 Å². The van der Waals surface area contributed by atoms with Crippen molar-refractivity contribution in [3.05, 3.63) is 24.0 Å². The fraction of sp³-hybridized carbons (Fsp3) is 0.545. The molecule has 2 heteroatoms. The molecule has 0 fully saturated rings. The Morgan fingerprint density at radius 1 is 1.38 bits per heavy atom. The summed E-state index contributed by atoms with van der Waals surface area (Å²) in [4.78, 5) is 4.26. The van der Waals surface area contributed by atoms with Crippen molar-refractivity contribution in [1.29, 1.82) is 0 Å². The molecule has 0 bridgehead atoms. The number of hydrogen-bond donors (Lipinski definition) is 0. The van der Waals surface area contributed by atoms with Gasteiger partial charge in [0.05, 0.1) is 12.3 Å². The summed E-state index contributed by atoms with van der Waals surface area (Å²) in [7, 11) is 0. The van der Waals surface area contributed by atoms with E-state index in [2.05, 4.69) is 25.8 Å². The molecule has 1 aromatic heterocycles. The van der Waals surface area contributed by atoms with Gasteiger partial charge in [-0.2, -0.15) is 0 Å². The Morgan fingerprint density at radius 2 is 2.15 bits per heavy atom. The minimum absolute atomic E-state index is 0.272. The lowest BCUT2D eigenvalue weighted by Crippen LogP contribution is -2.09. The predicted molar refractivity (Wildman–Crippen MR) is 54.0 cm³/mol. The molecule has 0 aromatic carbocycles. The Morgan fingerprint density at radius 3 is 2.62 bits per heavy atom. The lowest BCUT2D eigenvalue weighted by atomic mass is 10.3.